The number of amides is 1. The summed E-state index contributed by atoms with van der Waals surface area (Å²) in [6.07, 6.45) is 1.26. The summed E-state index contributed by atoms with van der Waals surface area (Å²) in [5.74, 6) is -1.45. The summed E-state index contributed by atoms with van der Waals surface area (Å²) in [5, 5.41) is 0. The minimum absolute atomic E-state index is 0.129. The first kappa shape index (κ1) is 13.6. The van der Waals surface area contributed by atoms with Crippen LogP contribution in [0.5, 0.6) is 0 Å². The molecule has 6 heteroatoms. The molecule has 3 aliphatic heterocycles. The molecule has 1 unspecified atom stereocenters. The molecule has 3 aliphatic rings. The Morgan fingerprint density at radius 2 is 2.15 bits per heavy atom. The first-order chi connectivity index (χ1) is 9.59. The molecule has 3 heterocycles. The number of rotatable bonds is 2. The number of esters is 1. The monoisotopic (exact) mass is 281 g/mol. The number of nitrogens with zero attached hydrogens (tertiary/aromatic N) is 1. The van der Waals surface area contributed by atoms with E-state index in [-0.39, 0.29) is 24.1 Å². The average molecular weight is 281 g/mol. The highest BCUT2D eigenvalue weighted by molar-refractivity contribution is 6.17. The molecule has 0 aromatic rings. The fraction of sp³-hybridized carbons (Fsp3) is 0.714. The zero-order valence-electron chi connectivity index (χ0n) is 11.8. The minimum atomic E-state index is -0.670. The van der Waals surface area contributed by atoms with Gasteiger partial charge in [0.05, 0.1) is 25.9 Å². The van der Waals surface area contributed by atoms with Crippen molar-refractivity contribution in [2.24, 2.45) is 0 Å². The Kier molecular flexibility index (Phi) is 3.30. The molecule has 0 bridgehead atoms. The average Bonchev–Trinajstić information content (AvgIpc) is 3.00. The van der Waals surface area contributed by atoms with Crippen molar-refractivity contribution in [1.29, 1.82) is 0 Å². The molecule has 0 aliphatic carbocycles. The largest absolute Gasteiger partial charge is 0.462 e. The van der Waals surface area contributed by atoms with Gasteiger partial charge in [0, 0.05) is 13.0 Å². The van der Waals surface area contributed by atoms with Crippen LogP contribution in [-0.4, -0.2) is 55.0 Å². The van der Waals surface area contributed by atoms with Crippen LogP contribution in [0.3, 0.4) is 0 Å². The molecule has 0 aromatic heterocycles. The summed E-state index contributed by atoms with van der Waals surface area (Å²) in [6, 6.07) is -0.129. The van der Waals surface area contributed by atoms with E-state index in [4.69, 9.17) is 14.2 Å². The van der Waals surface area contributed by atoms with Crippen LogP contribution < -0.4 is 0 Å². The van der Waals surface area contributed by atoms with Gasteiger partial charge < -0.3 is 19.1 Å². The van der Waals surface area contributed by atoms with E-state index in [1.165, 1.54) is 0 Å². The molecule has 3 rings (SSSR count). The first-order valence-electron chi connectivity index (χ1n) is 7.05. The maximum Gasteiger partial charge on any atom is 0.343 e. The maximum atomic E-state index is 12.5. The fourth-order valence-electron chi connectivity index (χ4n) is 3.34. The van der Waals surface area contributed by atoms with Crippen LogP contribution in [0.2, 0.25) is 0 Å². The Morgan fingerprint density at radius 3 is 2.80 bits per heavy atom. The molecule has 0 radical (unpaired) electrons. The molecule has 2 fully saturated rings. The molecule has 0 aromatic carbocycles. The van der Waals surface area contributed by atoms with Gasteiger partial charge in [0.1, 0.15) is 5.57 Å². The van der Waals surface area contributed by atoms with E-state index < -0.39 is 11.8 Å². The Bertz CT molecular complexity index is 478. The molecule has 20 heavy (non-hydrogen) atoms. The van der Waals surface area contributed by atoms with Crippen LogP contribution in [0.4, 0.5) is 0 Å². The molecule has 1 amide bonds. The number of carbonyl (C=O) groups excluding carboxylic acids is 2. The lowest BCUT2D eigenvalue weighted by Crippen LogP contribution is -2.51. The van der Waals surface area contributed by atoms with Crippen molar-refractivity contribution in [2.45, 2.75) is 38.5 Å². The van der Waals surface area contributed by atoms with E-state index in [0.717, 1.165) is 5.57 Å². The van der Waals surface area contributed by atoms with Gasteiger partial charge in [-0.05, 0) is 20.3 Å². The van der Waals surface area contributed by atoms with Crippen molar-refractivity contribution in [3.8, 4) is 0 Å². The molecule has 0 saturated carbocycles. The standard InChI is InChI=1S/C14H19NO5/c1-3-18-13(17)11-9(2)8-10-14(19-6-7-20-14)4-5-15(10)12(11)16/h10H,3-8H2,1-2H3. The molecule has 2 saturated heterocycles. The number of ether oxygens (including phenoxy) is 3. The van der Waals surface area contributed by atoms with Gasteiger partial charge in [-0.1, -0.05) is 5.57 Å². The van der Waals surface area contributed by atoms with Gasteiger partial charge in [-0.2, -0.15) is 0 Å². The van der Waals surface area contributed by atoms with Crippen LogP contribution in [0.1, 0.15) is 26.7 Å². The number of hydrogen-bond acceptors (Lipinski definition) is 5. The van der Waals surface area contributed by atoms with E-state index >= 15 is 0 Å². The van der Waals surface area contributed by atoms with Crippen LogP contribution in [0.15, 0.2) is 11.1 Å². The number of hydrogen-bond donors (Lipinski definition) is 0. The number of carbonyl (C=O) groups is 2. The lowest BCUT2D eigenvalue weighted by molar-refractivity contribution is -0.177. The van der Waals surface area contributed by atoms with Crippen LogP contribution in [0.25, 0.3) is 0 Å². The zero-order valence-corrected chi connectivity index (χ0v) is 11.8. The second kappa shape index (κ2) is 4.86. The SMILES string of the molecule is CCOC(=O)C1=C(C)CC2N(CCC23OCCO3)C1=O. The molecular formula is C14H19NO5. The van der Waals surface area contributed by atoms with E-state index in [1.54, 1.807) is 11.8 Å². The molecular weight excluding hydrogens is 262 g/mol. The van der Waals surface area contributed by atoms with Gasteiger partial charge >= 0.3 is 5.97 Å². The molecule has 6 nitrogen and oxygen atoms in total. The molecule has 1 atom stereocenters. The van der Waals surface area contributed by atoms with Crippen LogP contribution in [-0.2, 0) is 23.8 Å². The highest BCUT2D eigenvalue weighted by Gasteiger charge is 2.56. The van der Waals surface area contributed by atoms with Crippen molar-refractivity contribution in [2.75, 3.05) is 26.4 Å². The van der Waals surface area contributed by atoms with E-state index in [9.17, 15) is 9.59 Å². The summed E-state index contributed by atoms with van der Waals surface area (Å²) in [7, 11) is 0. The van der Waals surface area contributed by atoms with Crippen molar-refractivity contribution in [3.63, 3.8) is 0 Å². The second-order valence-corrected chi connectivity index (χ2v) is 5.35. The maximum absolute atomic E-state index is 12.5. The van der Waals surface area contributed by atoms with Crippen molar-refractivity contribution < 1.29 is 23.8 Å². The van der Waals surface area contributed by atoms with Gasteiger partial charge in [0.2, 0.25) is 0 Å². The predicted molar refractivity (Wildman–Crippen MR) is 68.7 cm³/mol. The van der Waals surface area contributed by atoms with Gasteiger partial charge in [-0.15, -0.1) is 0 Å². The molecule has 0 N–H and O–H groups in total. The lowest BCUT2D eigenvalue weighted by atomic mass is 9.92. The van der Waals surface area contributed by atoms with Gasteiger partial charge in [0.25, 0.3) is 5.91 Å². The summed E-state index contributed by atoms with van der Waals surface area (Å²) in [5.41, 5.74) is 0.938. The van der Waals surface area contributed by atoms with Crippen LogP contribution in [0, 0.1) is 0 Å². The quantitative estimate of drug-likeness (QED) is 0.548. The third-order valence-electron chi connectivity index (χ3n) is 4.24. The van der Waals surface area contributed by atoms with E-state index in [1.807, 2.05) is 6.92 Å². The minimum Gasteiger partial charge on any atom is -0.462 e. The Hall–Kier alpha value is -1.40. The normalized spacial score (nSPS) is 28.2. The van der Waals surface area contributed by atoms with E-state index in [2.05, 4.69) is 0 Å². The molecule has 110 valence electrons. The van der Waals surface area contributed by atoms with Gasteiger partial charge in [-0.3, -0.25) is 4.79 Å². The first-order valence-corrected chi connectivity index (χ1v) is 7.05. The van der Waals surface area contributed by atoms with Gasteiger partial charge in [0.15, 0.2) is 5.79 Å². The van der Waals surface area contributed by atoms with Gasteiger partial charge in [-0.25, -0.2) is 4.79 Å². The Labute approximate surface area is 117 Å². The smallest absolute Gasteiger partial charge is 0.343 e. The summed E-state index contributed by atoms with van der Waals surface area (Å²) in [4.78, 5) is 26.2. The summed E-state index contributed by atoms with van der Waals surface area (Å²) in [6.45, 7) is 5.48. The lowest BCUT2D eigenvalue weighted by Gasteiger charge is -2.37. The Morgan fingerprint density at radius 1 is 1.45 bits per heavy atom. The van der Waals surface area contributed by atoms with Crippen molar-refractivity contribution in [3.05, 3.63) is 11.1 Å². The predicted octanol–water partition coefficient (Wildman–Crippen LogP) is 0.614. The van der Waals surface area contributed by atoms with Crippen LogP contribution >= 0.6 is 0 Å². The fourth-order valence-corrected chi connectivity index (χ4v) is 3.34. The van der Waals surface area contributed by atoms with E-state index in [0.29, 0.717) is 32.6 Å². The second-order valence-electron chi connectivity index (χ2n) is 5.35. The zero-order chi connectivity index (χ0) is 14.3. The number of fused-ring (bicyclic) bond motifs is 2. The Balaban J connectivity index is 1.90. The third-order valence-corrected chi connectivity index (χ3v) is 4.24. The summed E-state index contributed by atoms with van der Waals surface area (Å²) >= 11 is 0. The van der Waals surface area contributed by atoms with Crippen molar-refractivity contribution in [1.82, 2.24) is 4.90 Å². The highest BCUT2D eigenvalue weighted by Crippen LogP contribution is 2.42. The topological polar surface area (TPSA) is 65.1 Å². The summed E-state index contributed by atoms with van der Waals surface area (Å²) < 4.78 is 16.5. The molecule has 1 spiro atoms. The highest BCUT2D eigenvalue weighted by atomic mass is 16.7. The van der Waals surface area contributed by atoms with Crippen molar-refractivity contribution >= 4 is 11.9 Å². The third kappa shape index (κ3) is 1.86.